The molecule has 0 amide bonds. The minimum Gasteiger partial charge on any atom is -0.506 e. The number of nitrogens with zero attached hydrogens (tertiary/aromatic N) is 1. The molecule has 1 atom stereocenters. The first-order chi connectivity index (χ1) is 13.5. The zero-order chi connectivity index (χ0) is 20.4. The van der Waals surface area contributed by atoms with Crippen molar-refractivity contribution in [1.29, 1.82) is 0 Å². The number of pyridine rings is 1. The highest BCUT2D eigenvalue weighted by Crippen LogP contribution is 2.26. The predicted molar refractivity (Wildman–Crippen MR) is 109 cm³/mol. The van der Waals surface area contributed by atoms with Gasteiger partial charge in [-0.2, -0.15) is 0 Å². The molecule has 0 saturated carbocycles. The lowest BCUT2D eigenvalue weighted by Gasteiger charge is -2.12. The van der Waals surface area contributed by atoms with E-state index in [2.05, 4.69) is 18.8 Å². The molecule has 0 aliphatic carbocycles. The lowest BCUT2D eigenvalue weighted by Crippen LogP contribution is -2.08. The van der Waals surface area contributed by atoms with Gasteiger partial charge in [0.25, 0.3) is 0 Å². The summed E-state index contributed by atoms with van der Waals surface area (Å²) in [5.74, 6) is -1.85. The zero-order valence-electron chi connectivity index (χ0n) is 16.6. The molecule has 152 valence electrons. The molecule has 0 bridgehead atoms. The summed E-state index contributed by atoms with van der Waals surface area (Å²) in [6, 6.07) is 5.89. The van der Waals surface area contributed by atoms with E-state index < -0.39 is 11.6 Å². The molecular formula is C23H29F2NO2. The Labute approximate surface area is 166 Å². The van der Waals surface area contributed by atoms with Crippen molar-refractivity contribution in [2.45, 2.75) is 58.5 Å². The quantitative estimate of drug-likeness (QED) is 0.445. The van der Waals surface area contributed by atoms with E-state index in [9.17, 15) is 13.9 Å². The summed E-state index contributed by atoms with van der Waals surface area (Å²) < 4.78 is 34.5. The van der Waals surface area contributed by atoms with Gasteiger partial charge in [-0.05, 0) is 50.8 Å². The maximum Gasteiger partial charge on any atom is 0.168 e. The van der Waals surface area contributed by atoms with E-state index >= 15 is 0 Å². The van der Waals surface area contributed by atoms with Gasteiger partial charge in [-0.1, -0.05) is 38.0 Å². The third-order valence-electron chi connectivity index (χ3n) is 4.57. The number of rotatable bonds is 11. The van der Waals surface area contributed by atoms with Crippen LogP contribution >= 0.6 is 0 Å². The maximum absolute atomic E-state index is 14.4. The number of allylic oxidation sites excluding steroid dienone is 1. The van der Waals surface area contributed by atoms with Crippen molar-refractivity contribution >= 4 is 6.08 Å². The molecule has 0 saturated heterocycles. The van der Waals surface area contributed by atoms with Crippen molar-refractivity contribution in [1.82, 2.24) is 4.98 Å². The maximum atomic E-state index is 14.4. The van der Waals surface area contributed by atoms with Gasteiger partial charge >= 0.3 is 0 Å². The van der Waals surface area contributed by atoms with Crippen LogP contribution in [0.2, 0.25) is 0 Å². The molecule has 1 N–H and O–H groups in total. The van der Waals surface area contributed by atoms with Gasteiger partial charge in [0.05, 0.1) is 18.0 Å². The number of benzene rings is 1. The average molecular weight is 389 g/mol. The van der Waals surface area contributed by atoms with Gasteiger partial charge in [-0.15, -0.1) is 0 Å². The molecule has 1 heterocycles. The van der Waals surface area contributed by atoms with Crippen LogP contribution < -0.4 is 0 Å². The minimum absolute atomic E-state index is 0.0233. The van der Waals surface area contributed by atoms with E-state index in [0.29, 0.717) is 0 Å². The number of halogens is 2. The zero-order valence-corrected chi connectivity index (χ0v) is 16.6. The van der Waals surface area contributed by atoms with Crippen molar-refractivity contribution in [3.05, 3.63) is 53.7 Å². The molecule has 1 aromatic carbocycles. The highest BCUT2D eigenvalue weighted by atomic mass is 19.2. The van der Waals surface area contributed by atoms with E-state index in [-0.39, 0.29) is 28.7 Å². The Balaban J connectivity index is 1.85. The van der Waals surface area contributed by atoms with Crippen LogP contribution in [0.3, 0.4) is 0 Å². The first-order valence-corrected chi connectivity index (χ1v) is 9.94. The monoisotopic (exact) mass is 389 g/mol. The molecule has 1 unspecified atom stereocenters. The third-order valence-corrected chi connectivity index (χ3v) is 4.57. The van der Waals surface area contributed by atoms with Gasteiger partial charge in [-0.3, -0.25) is 4.98 Å². The van der Waals surface area contributed by atoms with Gasteiger partial charge in [0.1, 0.15) is 5.75 Å². The molecule has 3 nitrogen and oxygen atoms in total. The van der Waals surface area contributed by atoms with Gasteiger partial charge in [0.2, 0.25) is 0 Å². The molecule has 2 aromatic rings. The summed E-state index contributed by atoms with van der Waals surface area (Å²) in [5.41, 5.74) is 0.560. The van der Waals surface area contributed by atoms with Crippen LogP contribution in [-0.4, -0.2) is 22.8 Å². The van der Waals surface area contributed by atoms with Crippen molar-refractivity contribution in [3.8, 4) is 17.0 Å². The SMILES string of the molecule is CCCCCOC(C)CCCC=Cc1ccc(-c2ccc(O)cn2)c(F)c1F. The Kier molecular flexibility index (Phi) is 9.08. The first-order valence-electron chi connectivity index (χ1n) is 9.94. The highest BCUT2D eigenvalue weighted by molar-refractivity contribution is 5.64. The summed E-state index contributed by atoms with van der Waals surface area (Å²) >= 11 is 0. The summed E-state index contributed by atoms with van der Waals surface area (Å²) in [6.45, 7) is 5.04. The van der Waals surface area contributed by atoms with Gasteiger partial charge in [-0.25, -0.2) is 8.78 Å². The Morgan fingerprint density at radius 1 is 1.11 bits per heavy atom. The molecule has 0 spiro atoms. The Hall–Kier alpha value is -2.27. The van der Waals surface area contributed by atoms with E-state index in [1.807, 2.05) is 6.08 Å². The lowest BCUT2D eigenvalue weighted by atomic mass is 10.1. The predicted octanol–water partition coefficient (Wildman–Crippen LogP) is 6.51. The Morgan fingerprint density at radius 3 is 2.64 bits per heavy atom. The normalized spacial score (nSPS) is 12.6. The molecule has 0 radical (unpaired) electrons. The number of aromatic nitrogens is 1. The molecule has 2 rings (SSSR count). The topological polar surface area (TPSA) is 42.4 Å². The fraction of sp³-hybridized carbons (Fsp3) is 0.435. The van der Waals surface area contributed by atoms with Crippen LogP contribution in [0, 0.1) is 11.6 Å². The number of hydrogen-bond acceptors (Lipinski definition) is 3. The Bertz CT molecular complexity index is 760. The second-order valence-electron chi connectivity index (χ2n) is 6.95. The van der Waals surface area contributed by atoms with Gasteiger partial charge in [0, 0.05) is 17.7 Å². The number of ether oxygens (including phenoxy) is 1. The molecule has 0 fully saturated rings. The van der Waals surface area contributed by atoms with E-state index in [4.69, 9.17) is 4.74 Å². The molecule has 28 heavy (non-hydrogen) atoms. The molecule has 0 aliphatic rings. The lowest BCUT2D eigenvalue weighted by molar-refractivity contribution is 0.0566. The van der Waals surface area contributed by atoms with Crippen molar-refractivity contribution < 1.29 is 18.6 Å². The van der Waals surface area contributed by atoms with Crippen LogP contribution in [0.1, 0.15) is 57.9 Å². The van der Waals surface area contributed by atoms with E-state index in [1.54, 1.807) is 6.08 Å². The van der Waals surface area contributed by atoms with E-state index in [0.717, 1.165) is 32.3 Å². The summed E-state index contributed by atoms with van der Waals surface area (Å²) in [7, 11) is 0. The van der Waals surface area contributed by atoms with Crippen LogP contribution in [0.5, 0.6) is 5.75 Å². The van der Waals surface area contributed by atoms with Gasteiger partial charge in [0.15, 0.2) is 11.6 Å². The highest BCUT2D eigenvalue weighted by Gasteiger charge is 2.14. The first kappa shape index (κ1) is 22.0. The second-order valence-corrected chi connectivity index (χ2v) is 6.95. The van der Waals surface area contributed by atoms with Crippen molar-refractivity contribution in [3.63, 3.8) is 0 Å². The van der Waals surface area contributed by atoms with Crippen molar-refractivity contribution in [2.24, 2.45) is 0 Å². The number of hydrogen-bond donors (Lipinski definition) is 1. The van der Waals surface area contributed by atoms with Crippen LogP contribution in [0.25, 0.3) is 17.3 Å². The summed E-state index contributed by atoms with van der Waals surface area (Å²) in [6.07, 6.45) is 11.0. The van der Waals surface area contributed by atoms with Crippen LogP contribution in [0.15, 0.2) is 36.5 Å². The van der Waals surface area contributed by atoms with Crippen LogP contribution in [-0.2, 0) is 4.74 Å². The van der Waals surface area contributed by atoms with Crippen molar-refractivity contribution in [2.75, 3.05) is 6.61 Å². The standard InChI is InChI=1S/C23H29F2NO2/c1-3-4-8-15-28-17(2)9-6-5-7-10-18-11-13-20(23(25)22(18)24)21-14-12-19(27)16-26-21/h7,10-14,16-17,27H,3-6,8-9,15H2,1-2H3. The molecule has 0 aliphatic heterocycles. The minimum atomic E-state index is -0.936. The van der Waals surface area contributed by atoms with Gasteiger partial charge < -0.3 is 9.84 Å². The van der Waals surface area contributed by atoms with E-state index in [1.165, 1.54) is 43.3 Å². The molecule has 5 heteroatoms. The fourth-order valence-corrected chi connectivity index (χ4v) is 2.89. The fourth-order valence-electron chi connectivity index (χ4n) is 2.89. The average Bonchev–Trinajstić information content (AvgIpc) is 2.69. The molecule has 1 aromatic heterocycles. The number of unbranched alkanes of at least 4 members (excludes halogenated alkanes) is 3. The second kappa shape index (κ2) is 11.5. The summed E-state index contributed by atoms with van der Waals surface area (Å²) in [4.78, 5) is 3.93. The van der Waals surface area contributed by atoms with Crippen LogP contribution in [0.4, 0.5) is 8.78 Å². The molecular weight excluding hydrogens is 360 g/mol. The largest absolute Gasteiger partial charge is 0.506 e. The summed E-state index contributed by atoms with van der Waals surface area (Å²) in [5, 5.41) is 9.26. The number of aromatic hydroxyl groups is 1. The smallest absolute Gasteiger partial charge is 0.168 e. The Morgan fingerprint density at radius 2 is 1.93 bits per heavy atom. The third kappa shape index (κ3) is 6.71.